The second-order valence-electron chi connectivity index (χ2n) is 4.93. The summed E-state index contributed by atoms with van der Waals surface area (Å²) in [5.74, 6) is 0.581. The molecule has 0 fully saturated rings. The fraction of sp³-hybridized carbons (Fsp3) is 0.667. The monoisotopic (exact) mass is 274 g/mol. The molecule has 1 rings (SSSR count). The van der Waals surface area contributed by atoms with Crippen LogP contribution in [0.3, 0.4) is 0 Å². The molecule has 0 saturated carbocycles. The number of carbonyl (C=O) groups excluding carboxylic acids is 1. The van der Waals surface area contributed by atoms with Gasteiger partial charge in [-0.05, 0) is 25.7 Å². The number of nitrogens with zero attached hydrogens (tertiary/aromatic N) is 1. The number of hydrogen-bond donors (Lipinski definition) is 1. The fourth-order valence-electron chi connectivity index (χ4n) is 1.49. The van der Waals surface area contributed by atoms with Gasteiger partial charge in [0, 0.05) is 12.4 Å². The number of amides is 1. The number of thiazole rings is 1. The van der Waals surface area contributed by atoms with Crippen molar-refractivity contribution in [3.8, 4) is 0 Å². The highest BCUT2D eigenvalue weighted by atomic mass is 35.5. The molecule has 0 spiro atoms. The SMILES string of the molecule is Cc1nc(C)c(C(=O)NCC(C)(C)CCCl)s1. The predicted molar refractivity (Wildman–Crippen MR) is 73.0 cm³/mol. The molecule has 0 aliphatic carbocycles. The Bertz CT molecular complexity index is 401. The molecule has 0 saturated heterocycles. The molecule has 1 aromatic heterocycles. The van der Waals surface area contributed by atoms with Crippen LogP contribution in [0.15, 0.2) is 0 Å². The number of nitrogens with one attached hydrogen (secondary N) is 1. The van der Waals surface area contributed by atoms with Crippen molar-refractivity contribution >= 4 is 28.8 Å². The minimum Gasteiger partial charge on any atom is -0.351 e. The zero-order valence-electron chi connectivity index (χ0n) is 10.8. The predicted octanol–water partition coefficient (Wildman–Crippen LogP) is 3.14. The van der Waals surface area contributed by atoms with Crippen LogP contribution in [0, 0.1) is 19.3 Å². The summed E-state index contributed by atoms with van der Waals surface area (Å²) in [6.45, 7) is 8.60. The van der Waals surface area contributed by atoms with Crippen LogP contribution in [-0.2, 0) is 0 Å². The van der Waals surface area contributed by atoms with E-state index in [1.807, 2.05) is 13.8 Å². The average molecular weight is 275 g/mol. The van der Waals surface area contributed by atoms with Crippen molar-refractivity contribution in [3.05, 3.63) is 15.6 Å². The van der Waals surface area contributed by atoms with Crippen molar-refractivity contribution in [1.29, 1.82) is 0 Å². The zero-order chi connectivity index (χ0) is 13.1. The lowest BCUT2D eigenvalue weighted by Crippen LogP contribution is -2.34. The Hall–Kier alpha value is -0.610. The van der Waals surface area contributed by atoms with Crippen molar-refractivity contribution in [3.63, 3.8) is 0 Å². The molecule has 0 aromatic carbocycles. The van der Waals surface area contributed by atoms with Gasteiger partial charge in [0.05, 0.1) is 10.7 Å². The molecule has 0 unspecified atom stereocenters. The molecule has 1 N–H and O–H groups in total. The molecule has 3 nitrogen and oxygen atoms in total. The summed E-state index contributed by atoms with van der Waals surface area (Å²) in [6.07, 6.45) is 0.884. The summed E-state index contributed by atoms with van der Waals surface area (Å²) in [7, 11) is 0. The fourth-order valence-corrected chi connectivity index (χ4v) is 2.83. The molecule has 0 atom stereocenters. The number of hydrogen-bond acceptors (Lipinski definition) is 3. The molecular formula is C12H19ClN2OS. The van der Waals surface area contributed by atoms with E-state index in [2.05, 4.69) is 24.1 Å². The van der Waals surface area contributed by atoms with Crippen molar-refractivity contribution in [2.24, 2.45) is 5.41 Å². The van der Waals surface area contributed by atoms with E-state index in [1.165, 1.54) is 11.3 Å². The molecule has 1 aromatic rings. The molecule has 0 aliphatic rings. The smallest absolute Gasteiger partial charge is 0.263 e. The lowest BCUT2D eigenvalue weighted by molar-refractivity contribution is 0.0939. The number of carbonyl (C=O) groups is 1. The van der Waals surface area contributed by atoms with Crippen molar-refractivity contribution in [1.82, 2.24) is 10.3 Å². The highest BCUT2D eigenvalue weighted by Gasteiger charge is 2.20. The third-order valence-electron chi connectivity index (χ3n) is 2.61. The summed E-state index contributed by atoms with van der Waals surface area (Å²) in [4.78, 5) is 16.9. The Morgan fingerprint density at radius 2 is 2.12 bits per heavy atom. The summed E-state index contributed by atoms with van der Waals surface area (Å²) < 4.78 is 0. The van der Waals surface area contributed by atoms with Crippen LogP contribution in [0.1, 0.15) is 40.6 Å². The quantitative estimate of drug-likeness (QED) is 0.838. The Morgan fingerprint density at radius 1 is 1.47 bits per heavy atom. The van der Waals surface area contributed by atoms with Crippen LogP contribution in [0.4, 0.5) is 0 Å². The van der Waals surface area contributed by atoms with E-state index < -0.39 is 0 Å². The van der Waals surface area contributed by atoms with Gasteiger partial charge in [-0.25, -0.2) is 4.98 Å². The van der Waals surface area contributed by atoms with Crippen molar-refractivity contribution in [2.45, 2.75) is 34.1 Å². The van der Waals surface area contributed by atoms with Gasteiger partial charge in [0.1, 0.15) is 4.88 Å². The summed E-state index contributed by atoms with van der Waals surface area (Å²) >= 11 is 7.16. The first kappa shape index (κ1) is 14.5. The third-order valence-corrected chi connectivity index (χ3v) is 3.87. The van der Waals surface area contributed by atoms with Crippen LogP contribution in [-0.4, -0.2) is 23.3 Å². The molecule has 0 radical (unpaired) electrons. The Kier molecular flexibility index (Phi) is 4.95. The number of aromatic nitrogens is 1. The van der Waals surface area contributed by atoms with Crippen LogP contribution >= 0.6 is 22.9 Å². The van der Waals surface area contributed by atoms with Gasteiger partial charge < -0.3 is 5.32 Å². The maximum atomic E-state index is 12.0. The second kappa shape index (κ2) is 5.83. The van der Waals surface area contributed by atoms with Gasteiger partial charge in [-0.15, -0.1) is 22.9 Å². The van der Waals surface area contributed by atoms with Crippen molar-refractivity contribution in [2.75, 3.05) is 12.4 Å². The van der Waals surface area contributed by atoms with Gasteiger partial charge >= 0.3 is 0 Å². The second-order valence-corrected chi connectivity index (χ2v) is 6.51. The zero-order valence-corrected chi connectivity index (χ0v) is 12.3. The standard InChI is InChI=1S/C12H19ClN2OS/c1-8-10(17-9(2)15-8)11(16)14-7-12(3,4)5-6-13/h5-7H2,1-4H3,(H,14,16). The molecular weight excluding hydrogens is 256 g/mol. The summed E-state index contributed by atoms with van der Waals surface area (Å²) in [5, 5.41) is 3.87. The van der Waals surface area contributed by atoms with Gasteiger partial charge in [-0.1, -0.05) is 13.8 Å². The van der Waals surface area contributed by atoms with E-state index in [0.29, 0.717) is 17.3 Å². The van der Waals surface area contributed by atoms with E-state index in [1.54, 1.807) is 0 Å². The van der Waals surface area contributed by atoms with Crippen LogP contribution in [0.2, 0.25) is 0 Å². The highest BCUT2D eigenvalue weighted by molar-refractivity contribution is 7.13. The molecule has 17 heavy (non-hydrogen) atoms. The third kappa shape index (κ3) is 4.28. The van der Waals surface area contributed by atoms with E-state index >= 15 is 0 Å². The lowest BCUT2D eigenvalue weighted by atomic mass is 9.90. The molecule has 1 heterocycles. The number of alkyl halides is 1. The molecule has 0 bridgehead atoms. The van der Waals surface area contributed by atoms with Gasteiger partial charge in [0.2, 0.25) is 0 Å². The normalized spacial score (nSPS) is 11.6. The lowest BCUT2D eigenvalue weighted by Gasteiger charge is -2.23. The highest BCUT2D eigenvalue weighted by Crippen LogP contribution is 2.21. The first-order valence-electron chi connectivity index (χ1n) is 5.64. The van der Waals surface area contributed by atoms with E-state index in [-0.39, 0.29) is 11.3 Å². The minimum absolute atomic E-state index is 0.0317. The molecule has 0 aliphatic heterocycles. The summed E-state index contributed by atoms with van der Waals surface area (Å²) in [5.41, 5.74) is 0.838. The van der Waals surface area contributed by atoms with Gasteiger partial charge in [0.15, 0.2) is 0 Å². The van der Waals surface area contributed by atoms with Crippen molar-refractivity contribution < 1.29 is 4.79 Å². The topological polar surface area (TPSA) is 42.0 Å². The number of halogens is 1. The number of aryl methyl sites for hydroxylation is 2. The average Bonchev–Trinajstić information content (AvgIpc) is 2.54. The first-order valence-corrected chi connectivity index (χ1v) is 6.99. The Balaban J connectivity index is 2.59. The molecule has 96 valence electrons. The maximum Gasteiger partial charge on any atom is 0.263 e. The first-order chi connectivity index (χ1) is 7.85. The Morgan fingerprint density at radius 3 is 2.59 bits per heavy atom. The molecule has 1 amide bonds. The maximum absolute atomic E-state index is 12.0. The van der Waals surface area contributed by atoms with Gasteiger partial charge in [-0.2, -0.15) is 0 Å². The molecule has 5 heteroatoms. The van der Waals surface area contributed by atoms with E-state index in [0.717, 1.165) is 17.1 Å². The largest absolute Gasteiger partial charge is 0.351 e. The van der Waals surface area contributed by atoms with Gasteiger partial charge in [0.25, 0.3) is 5.91 Å². The summed E-state index contributed by atoms with van der Waals surface area (Å²) in [6, 6.07) is 0. The number of rotatable bonds is 5. The van der Waals surface area contributed by atoms with Crippen LogP contribution in [0.5, 0.6) is 0 Å². The van der Waals surface area contributed by atoms with Crippen LogP contribution < -0.4 is 5.32 Å². The minimum atomic E-state index is -0.0317. The Labute approximate surface area is 112 Å². The van der Waals surface area contributed by atoms with Gasteiger partial charge in [-0.3, -0.25) is 4.79 Å². The van der Waals surface area contributed by atoms with Crippen LogP contribution in [0.25, 0.3) is 0 Å². The van der Waals surface area contributed by atoms with E-state index in [9.17, 15) is 4.79 Å². The van der Waals surface area contributed by atoms with E-state index in [4.69, 9.17) is 11.6 Å².